The van der Waals surface area contributed by atoms with Crippen LogP contribution in [0, 0.1) is 0 Å². The van der Waals surface area contributed by atoms with Crippen LogP contribution in [-0.2, 0) is 42.9 Å². The number of rotatable bonds is 54. The van der Waals surface area contributed by atoms with E-state index in [0.29, 0.717) is 25.7 Å². The van der Waals surface area contributed by atoms with E-state index in [1.54, 1.807) is 0 Å². The van der Waals surface area contributed by atoms with Gasteiger partial charge in [-0.1, -0.05) is 248 Å². The minimum Gasteiger partial charge on any atom is -0.479 e. The Morgan fingerprint density at radius 1 is 0.430 bits per heavy atom. The van der Waals surface area contributed by atoms with Gasteiger partial charge in [-0.05, 0) is 83.5 Å². The Balaban J connectivity index is 2.70. The fourth-order valence-corrected chi connectivity index (χ4v) is 9.40. The van der Waals surface area contributed by atoms with Crippen molar-refractivity contribution in [3.63, 3.8) is 0 Å². The van der Waals surface area contributed by atoms with Gasteiger partial charge in [-0.25, -0.2) is 4.79 Å². The minimum absolute atomic E-state index is 0.0192. The van der Waals surface area contributed by atoms with Crippen molar-refractivity contribution in [3.8, 4) is 0 Å². The van der Waals surface area contributed by atoms with E-state index in [1.807, 2.05) is 12.2 Å². The second kappa shape index (κ2) is 54.7. The third-order valence-corrected chi connectivity index (χ3v) is 14.3. The highest BCUT2D eigenvalue weighted by atomic mass is 16.7. The normalized spacial score (nSPS) is 18.3. The highest BCUT2D eigenvalue weighted by Gasteiger charge is 2.50. The van der Waals surface area contributed by atoms with Crippen LogP contribution in [0.3, 0.4) is 0 Å². The molecule has 0 aromatic carbocycles. The van der Waals surface area contributed by atoms with Crippen molar-refractivity contribution in [1.82, 2.24) is 0 Å². The quantitative estimate of drug-likeness (QED) is 0.0228. The number of hydrogen-bond donors (Lipinski definition) is 3. The van der Waals surface area contributed by atoms with Crippen molar-refractivity contribution in [2.45, 2.75) is 314 Å². The number of carbonyl (C=O) groups excluding carboxylic acids is 3. The molecule has 3 N–H and O–H groups in total. The van der Waals surface area contributed by atoms with Gasteiger partial charge < -0.3 is 39.0 Å². The Morgan fingerprint density at radius 3 is 1.27 bits per heavy atom. The molecule has 0 amide bonds. The van der Waals surface area contributed by atoms with Crippen LogP contribution in [-0.4, -0.2) is 89.2 Å². The van der Waals surface area contributed by atoms with Crippen LogP contribution >= 0.6 is 0 Å². The fourth-order valence-electron chi connectivity index (χ4n) is 9.40. The van der Waals surface area contributed by atoms with Crippen LogP contribution in [0.4, 0.5) is 0 Å². The van der Waals surface area contributed by atoms with Crippen LogP contribution < -0.4 is 0 Å². The summed E-state index contributed by atoms with van der Waals surface area (Å²) in [4.78, 5) is 51.2. The topological polar surface area (TPSA) is 175 Å². The molecule has 12 heteroatoms. The van der Waals surface area contributed by atoms with Crippen molar-refractivity contribution >= 4 is 23.9 Å². The summed E-state index contributed by atoms with van der Waals surface area (Å²) in [6, 6.07) is 0. The Kier molecular flexibility index (Phi) is 50.7. The molecule has 6 unspecified atom stereocenters. The van der Waals surface area contributed by atoms with Gasteiger partial charge >= 0.3 is 23.9 Å². The number of aliphatic carboxylic acids is 1. The number of unbranched alkanes of at least 4 members (excludes halogenated alkanes) is 28. The van der Waals surface area contributed by atoms with Gasteiger partial charge in [0.05, 0.1) is 6.61 Å². The molecule has 1 aliphatic heterocycles. The molecule has 1 aliphatic rings. The molecule has 1 fully saturated rings. The Labute approximate surface area is 480 Å². The van der Waals surface area contributed by atoms with E-state index in [1.165, 1.54) is 122 Å². The lowest BCUT2D eigenvalue weighted by atomic mass is 9.98. The maximum Gasteiger partial charge on any atom is 0.335 e. The molecular formula is C67H114O12. The average Bonchev–Trinajstić information content (AvgIpc) is 3.43. The SMILES string of the molecule is CC/C=C\C/C=C\C/C=C\C/C=C\C/C=C\CCCC(=O)OC1C(OCC(COC(=O)CCCCCCCCCCCCCCCCCCC)OC(=O)CCCCCCC/C=C\CCCCCCCC)OC(C(=O)O)C(O)C1O. The first kappa shape index (κ1) is 73.2. The Morgan fingerprint density at radius 2 is 0.810 bits per heavy atom. The molecule has 0 bridgehead atoms. The predicted molar refractivity (Wildman–Crippen MR) is 322 cm³/mol. The lowest BCUT2D eigenvalue weighted by molar-refractivity contribution is -0.301. The third-order valence-electron chi connectivity index (χ3n) is 14.3. The Bertz CT molecular complexity index is 1650. The van der Waals surface area contributed by atoms with Gasteiger partial charge in [0, 0.05) is 19.3 Å². The number of ether oxygens (including phenoxy) is 5. The molecule has 6 atom stereocenters. The highest BCUT2D eigenvalue weighted by molar-refractivity contribution is 5.74. The number of aliphatic hydroxyl groups excluding tert-OH is 2. The van der Waals surface area contributed by atoms with Crippen molar-refractivity contribution in [2.75, 3.05) is 13.2 Å². The number of hydrogen-bond acceptors (Lipinski definition) is 11. The van der Waals surface area contributed by atoms with Crippen LogP contribution in [0.2, 0.25) is 0 Å². The lowest BCUT2D eigenvalue weighted by Gasteiger charge is -2.40. The zero-order valence-electron chi connectivity index (χ0n) is 50.1. The molecule has 0 aromatic rings. The number of allylic oxidation sites excluding steroid dienone is 12. The van der Waals surface area contributed by atoms with Crippen LogP contribution in [0.1, 0.15) is 278 Å². The molecule has 0 radical (unpaired) electrons. The monoisotopic (exact) mass is 1110 g/mol. The number of carboxylic acids is 1. The van der Waals surface area contributed by atoms with Gasteiger partial charge in [0.1, 0.15) is 18.8 Å². The smallest absolute Gasteiger partial charge is 0.335 e. The molecule has 1 saturated heterocycles. The first-order valence-electron chi connectivity index (χ1n) is 31.9. The van der Waals surface area contributed by atoms with E-state index < -0.39 is 67.3 Å². The Hall–Kier alpha value is -3.84. The summed E-state index contributed by atoms with van der Waals surface area (Å²) in [5, 5.41) is 31.5. The number of aliphatic hydroxyl groups is 2. The van der Waals surface area contributed by atoms with E-state index in [4.69, 9.17) is 23.7 Å². The summed E-state index contributed by atoms with van der Waals surface area (Å²) >= 11 is 0. The van der Waals surface area contributed by atoms with Crippen LogP contribution in [0.5, 0.6) is 0 Å². The second-order valence-corrected chi connectivity index (χ2v) is 21.7. The van der Waals surface area contributed by atoms with Gasteiger partial charge in [-0.2, -0.15) is 0 Å². The summed E-state index contributed by atoms with van der Waals surface area (Å²) in [7, 11) is 0. The van der Waals surface area contributed by atoms with Crippen LogP contribution in [0.25, 0.3) is 0 Å². The van der Waals surface area contributed by atoms with Gasteiger partial charge in [0.25, 0.3) is 0 Å². The molecular weight excluding hydrogens is 997 g/mol. The third kappa shape index (κ3) is 44.5. The zero-order chi connectivity index (χ0) is 57.5. The molecule has 1 heterocycles. The zero-order valence-corrected chi connectivity index (χ0v) is 50.1. The first-order chi connectivity index (χ1) is 38.6. The largest absolute Gasteiger partial charge is 0.479 e. The number of carboxylic acid groups (broad SMARTS) is 1. The minimum atomic E-state index is -1.92. The molecule has 0 spiro atoms. The molecule has 0 saturated carbocycles. The van der Waals surface area contributed by atoms with Gasteiger partial charge in [-0.3, -0.25) is 14.4 Å². The molecule has 1 rings (SSSR count). The summed E-state index contributed by atoms with van der Waals surface area (Å²) < 4.78 is 28.4. The highest BCUT2D eigenvalue weighted by Crippen LogP contribution is 2.26. The van der Waals surface area contributed by atoms with E-state index in [0.717, 1.165) is 89.9 Å². The first-order valence-corrected chi connectivity index (χ1v) is 31.9. The van der Waals surface area contributed by atoms with Crippen LogP contribution in [0.15, 0.2) is 72.9 Å². The van der Waals surface area contributed by atoms with Crippen molar-refractivity contribution in [3.05, 3.63) is 72.9 Å². The predicted octanol–water partition coefficient (Wildman–Crippen LogP) is 16.9. The second-order valence-electron chi connectivity index (χ2n) is 21.7. The number of carbonyl (C=O) groups is 4. The van der Waals surface area contributed by atoms with Gasteiger partial charge in [0.15, 0.2) is 24.6 Å². The van der Waals surface area contributed by atoms with E-state index in [-0.39, 0.29) is 25.9 Å². The van der Waals surface area contributed by atoms with E-state index >= 15 is 0 Å². The van der Waals surface area contributed by atoms with Crippen molar-refractivity contribution < 1.29 is 58.2 Å². The van der Waals surface area contributed by atoms with E-state index in [9.17, 15) is 34.5 Å². The maximum atomic E-state index is 13.2. The molecule has 0 aromatic heterocycles. The fraction of sp³-hybridized carbons (Fsp3) is 0.761. The van der Waals surface area contributed by atoms with Crippen molar-refractivity contribution in [2.24, 2.45) is 0 Å². The lowest BCUT2D eigenvalue weighted by Crippen LogP contribution is -2.61. The van der Waals surface area contributed by atoms with Crippen molar-refractivity contribution in [1.29, 1.82) is 0 Å². The molecule has 79 heavy (non-hydrogen) atoms. The summed E-state index contributed by atoms with van der Waals surface area (Å²) in [6.45, 7) is 5.87. The number of esters is 3. The van der Waals surface area contributed by atoms with E-state index in [2.05, 4.69) is 81.5 Å². The van der Waals surface area contributed by atoms with Gasteiger partial charge in [0.2, 0.25) is 0 Å². The molecule has 12 nitrogen and oxygen atoms in total. The summed E-state index contributed by atoms with van der Waals surface area (Å²) in [5.74, 6) is -3.19. The summed E-state index contributed by atoms with van der Waals surface area (Å²) in [5.41, 5.74) is 0. The molecule has 0 aliphatic carbocycles. The maximum absolute atomic E-state index is 13.2. The summed E-state index contributed by atoms with van der Waals surface area (Å²) in [6.07, 6.45) is 57.3. The average molecular weight is 1110 g/mol. The standard InChI is InChI=1S/C67H114O12/c1-4-7-10-13-16-19-22-25-28-30-33-35-38-41-44-47-50-53-59(68)75-56-58(77-60(69)54-51-48-45-42-39-36-32-27-24-21-18-15-12-9-6-3)57-76-67-65(63(72)62(71)64(79-67)66(73)74)78-61(70)55-52-49-46-43-40-37-34-31-29-26-23-20-17-14-11-8-5-2/h8,11,17,20,26-27,29,32,34,37,43,46,58,62-65,67,71-72H,4-7,9-10,12-16,18-19,21-25,28,30-31,33,35-36,38-42,44-45,47-57H2,1-3H3,(H,73,74)/b11-8-,20-17-,29-26-,32-27-,37-34-,46-43-. The van der Waals surface area contributed by atoms with Gasteiger partial charge in [-0.15, -0.1) is 0 Å². The molecule has 454 valence electrons.